The van der Waals surface area contributed by atoms with Crippen LogP contribution >= 0.6 is 0 Å². The van der Waals surface area contributed by atoms with E-state index in [2.05, 4.69) is 15.1 Å². The summed E-state index contributed by atoms with van der Waals surface area (Å²) in [5.41, 5.74) is 0.962. The summed E-state index contributed by atoms with van der Waals surface area (Å²) in [4.78, 5) is 0. The Morgan fingerprint density at radius 1 is 1.50 bits per heavy atom. The van der Waals surface area contributed by atoms with Crippen LogP contribution in [0.4, 0.5) is 0 Å². The quantitative estimate of drug-likeness (QED) is 0.498. The van der Waals surface area contributed by atoms with E-state index in [1.807, 2.05) is 6.20 Å². The van der Waals surface area contributed by atoms with Gasteiger partial charge in [0.2, 0.25) is 10.0 Å². The number of nitrogens with one attached hydrogen (secondary N) is 2. The van der Waals surface area contributed by atoms with Crippen molar-refractivity contribution in [1.82, 2.24) is 19.8 Å². The average molecular weight is 276 g/mol. The molecule has 0 saturated carbocycles. The molecule has 1 rings (SSSR count). The third-order valence-electron chi connectivity index (χ3n) is 2.26. The zero-order chi connectivity index (χ0) is 13.4. The highest BCUT2D eigenvalue weighted by molar-refractivity contribution is 7.89. The van der Waals surface area contributed by atoms with E-state index in [4.69, 9.17) is 5.11 Å². The van der Waals surface area contributed by atoms with Crippen molar-refractivity contribution in [2.24, 2.45) is 0 Å². The molecule has 0 aliphatic rings. The average Bonchev–Trinajstić information content (AvgIpc) is 2.73. The van der Waals surface area contributed by atoms with Gasteiger partial charge in [0.05, 0.1) is 25.1 Å². The zero-order valence-corrected chi connectivity index (χ0v) is 11.3. The lowest BCUT2D eigenvalue weighted by atomic mass is 10.3. The lowest BCUT2D eigenvalue weighted by Gasteiger charge is -2.05. The van der Waals surface area contributed by atoms with Gasteiger partial charge in [0.25, 0.3) is 0 Å². The van der Waals surface area contributed by atoms with Crippen LogP contribution in [0.2, 0.25) is 0 Å². The van der Waals surface area contributed by atoms with Crippen LogP contribution in [0.1, 0.15) is 12.5 Å². The SMILES string of the molecule is CCNS(=O)(=O)CCNCc1cnn(CCO)c1. The van der Waals surface area contributed by atoms with Crippen molar-refractivity contribution < 1.29 is 13.5 Å². The van der Waals surface area contributed by atoms with Gasteiger partial charge in [-0.05, 0) is 0 Å². The van der Waals surface area contributed by atoms with Crippen molar-refractivity contribution in [3.05, 3.63) is 18.0 Å². The van der Waals surface area contributed by atoms with Gasteiger partial charge in [0.1, 0.15) is 0 Å². The number of sulfonamides is 1. The number of hydrogen-bond acceptors (Lipinski definition) is 5. The van der Waals surface area contributed by atoms with E-state index >= 15 is 0 Å². The molecule has 0 bridgehead atoms. The van der Waals surface area contributed by atoms with E-state index in [-0.39, 0.29) is 12.4 Å². The predicted molar refractivity (Wildman–Crippen MR) is 68.5 cm³/mol. The Bertz CT molecular complexity index is 444. The molecule has 0 aliphatic heterocycles. The second-order valence-corrected chi connectivity index (χ2v) is 5.76. The summed E-state index contributed by atoms with van der Waals surface area (Å²) in [7, 11) is -3.16. The van der Waals surface area contributed by atoms with Crippen LogP contribution in [0.5, 0.6) is 0 Å². The van der Waals surface area contributed by atoms with E-state index in [1.165, 1.54) is 0 Å². The van der Waals surface area contributed by atoms with Crippen LogP contribution in [-0.4, -0.2) is 48.8 Å². The Kier molecular flexibility index (Phi) is 6.27. The van der Waals surface area contributed by atoms with E-state index in [1.54, 1.807) is 17.8 Å². The molecular weight excluding hydrogens is 256 g/mol. The molecule has 3 N–H and O–H groups in total. The summed E-state index contributed by atoms with van der Waals surface area (Å²) in [5, 5.41) is 15.8. The molecule has 7 nitrogen and oxygen atoms in total. The lowest BCUT2D eigenvalue weighted by molar-refractivity contribution is 0.269. The Hall–Kier alpha value is -0.960. The first kappa shape index (κ1) is 15.1. The molecule has 8 heteroatoms. The first-order valence-corrected chi connectivity index (χ1v) is 7.53. The van der Waals surface area contributed by atoms with Crippen molar-refractivity contribution >= 4 is 10.0 Å². The van der Waals surface area contributed by atoms with Crippen LogP contribution in [0.15, 0.2) is 12.4 Å². The number of rotatable bonds is 9. The van der Waals surface area contributed by atoms with Crippen LogP contribution in [-0.2, 0) is 23.1 Å². The Labute approximate surface area is 107 Å². The third kappa shape index (κ3) is 5.58. The number of hydrogen-bond donors (Lipinski definition) is 3. The summed E-state index contributed by atoms with van der Waals surface area (Å²) >= 11 is 0. The first-order valence-electron chi connectivity index (χ1n) is 5.87. The van der Waals surface area contributed by atoms with Crippen LogP contribution in [0.3, 0.4) is 0 Å². The van der Waals surface area contributed by atoms with Gasteiger partial charge in [-0.1, -0.05) is 6.92 Å². The minimum absolute atomic E-state index is 0.0511. The van der Waals surface area contributed by atoms with Crippen molar-refractivity contribution in [2.45, 2.75) is 20.0 Å². The van der Waals surface area contributed by atoms with E-state index in [0.717, 1.165) is 5.56 Å². The molecule has 0 aromatic carbocycles. The molecule has 0 radical (unpaired) electrons. The standard InChI is InChI=1S/C10H20N4O3S/c1-2-13-18(16,17)6-3-11-7-10-8-12-14(9-10)4-5-15/h8-9,11,13,15H,2-7H2,1H3. The summed E-state index contributed by atoms with van der Waals surface area (Å²) in [5.74, 6) is 0.0611. The van der Waals surface area contributed by atoms with Crippen LogP contribution in [0, 0.1) is 0 Å². The minimum Gasteiger partial charge on any atom is -0.394 e. The van der Waals surface area contributed by atoms with Crippen molar-refractivity contribution in [3.63, 3.8) is 0 Å². The number of nitrogens with zero attached hydrogens (tertiary/aromatic N) is 2. The molecule has 0 unspecified atom stereocenters. The molecule has 0 fully saturated rings. The smallest absolute Gasteiger partial charge is 0.212 e. The van der Waals surface area contributed by atoms with Crippen LogP contribution < -0.4 is 10.0 Å². The molecule has 1 heterocycles. The summed E-state index contributed by atoms with van der Waals surface area (Å²) < 4.78 is 26.7. The van der Waals surface area contributed by atoms with E-state index in [9.17, 15) is 8.42 Å². The molecule has 104 valence electrons. The molecule has 0 aliphatic carbocycles. The molecule has 1 aromatic rings. The van der Waals surface area contributed by atoms with Gasteiger partial charge in [-0.2, -0.15) is 5.10 Å². The molecule has 0 saturated heterocycles. The number of aliphatic hydroxyl groups excluding tert-OH is 1. The highest BCUT2D eigenvalue weighted by Crippen LogP contribution is 1.96. The maximum absolute atomic E-state index is 11.3. The first-order chi connectivity index (χ1) is 8.57. The fourth-order valence-corrected chi connectivity index (χ4v) is 2.45. The van der Waals surface area contributed by atoms with Gasteiger partial charge >= 0.3 is 0 Å². The van der Waals surface area contributed by atoms with Gasteiger partial charge in [0, 0.05) is 31.4 Å². The molecule has 18 heavy (non-hydrogen) atoms. The Morgan fingerprint density at radius 2 is 2.28 bits per heavy atom. The fraction of sp³-hybridized carbons (Fsp3) is 0.700. The molecule has 0 atom stereocenters. The number of aliphatic hydroxyl groups is 1. The van der Waals surface area contributed by atoms with Gasteiger partial charge in [-0.3, -0.25) is 4.68 Å². The van der Waals surface area contributed by atoms with Crippen LogP contribution in [0.25, 0.3) is 0 Å². The minimum atomic E-state index is -3.16. The highest BCUT2D eigenvalue weighted by Gasteiger charge is 2.07. The van der Waals surface area contributed by atoms with E-state index < -0.39 is 10.0 Å². The van der Waals surface area contributed by atoms with Crippen molar-refractivity contribution in [2.75, 3.05) is 25.4 Å². The Balaban J connectivity index is 2.25. The van der Waals surface area contributed by atoms with Crippen molar-refractivity contribution in [1.29, 1.82) is 0 Å². The third-order valence-corrected chi connectivity index (χ3v) is 3.73. The maximum Gasteiger partial charge on any atom is 0.212 e. The molecule has 0 spiro atoms. The summed E-state index contributed by atoms with van der Waals surface area (Å²) in [6.07, 6.45) is 3.52. The summed E-state index contributed by atoms with van der Waals surface area (Å²) in [6, 6.07) is 0. The van der Waals surface area contributed by atoms with Gasteiger partial charge < -0.3 is 10.4 Å². The second kappa shape index (κ2) is 7.47. The molecule has 1 aromatic heterocycles. The fourth-order valence-electron chi connectivity index (χ4n) is 1.45. The zero-order valence-electron chi connectivity index (χ0n) is 10.5. The number of aromatic nitrogens is 2. The normalized spacial score (nSPS) is 11.9. The topological polar surface area (TPSA) is 96.3 Å². The second-order valence-electron chi connectivity index (χ2n) is 3.83. The lowest BCUT2D eigenvalue weighted by Crippen LogP contribution is -2.31. The van der Waals surface area contributed by atoms with Crippen molar-refractivity contribution in [3.8, 4) is 0 Å². The highest BCUT2D eigenvalue weighted by atomic mass is 32.2. The molecule has 0 amide bonds. The van der Waals surface area contributed by atoms with E-state index in [0.29, 0.717) is 26.2 Å². The van der Waals surface area contributed by atoms with Gasteiger partial charge in [0.15, 0.2) is 0 Å². The maximum atomic E-state index is 11.3. The predicted octanol–water partition coefficient (Wildman–Crippen LogP) is -1.10. The Morgan fingerprint density at radius 3 is 2.94 bits per heavy atom. The van der Waals surface area contributed by atoms with Gasteiger partial charge in [-0.15, -0.1) is 0 Å². The van der Waals surface area contributed by atoms with Gasteiger partial charge in [-0.25, -0.2) is 13.1 Å². The monoisotopic (exact) mass is 276 g/mol. The summed E-state index contributed by atoms with van der Waals surface area (Å²) in [6.45, 7) is 3.63. The largest absolute Gasteiger partial charge is 0.394 e. The molecular formula is C10H20N4O3S.